The summed E-state index contributed by atoms with van der Waals surface area (Å²) >= 11 is 0. The number of hydrogen-bond donors (Lipinski definition) is 1. The minimum absolute atomic E-state index is 1.05. The Bertz CT molecular complexity index is 539. The maximum atomic E-state index is 4.30. The van der Waals surface area contributed by atoms with E-state index in [1.807, 2.05) is 0 Å². The summed E-state index contributed by atoms with van der Waals surface area (Å²) < 4.78 is 0. The highest BCUT2D eigenvalue weighted by atomic mass is 15.1. The van der Waals surface area contributed by atoms with E-state index < -0.39 is 0 Å². The van der Waals surface area contributed by atoms with Gasteiger partial charge in [0.1, 0.15) is 0 Å². The van der Waals surface area contributed by atoms with Gasteiger partial charge >= 0.3 is 0 Å². The van der Waals surface area contributed by atoms with Crippen molar-refractivity contribution >= 4 is 16.6 Å². The van der Waals surface area contributed by atoms with Crippen LogP contribution >= 0.6 is 0 Å². The average Bonchev–Trinajstić information content (AvgIpc) is 2.77. The molecule has 3 heteroatoms. The molecule has 0 atom stereocenters. The third-order valence-electron chi connectivity index (χ3n) is 3.20. The fraction of sp³-hybridized carbons (Fsp3) is 0.308. The van der Waals surface area contributed by atoms with Crippen molar-refractivity contribution in [3.63, 3.8) is 0 Å². The molecule has 1 N–H and O–H groups in total. The van der Waals surface area contributed by atoms with Gasteiger partial charge in [-0.2, -0.15) is 0 Å². The van der Waals surface area contributed by atoms with Gasteiger partial charge in [0, 0.05) is 13.1 Å². The zero-order valence-electron chi connectivity index (χ0n) is 9.40. The number of nitrogens with one attached hydrogen (secondary N) is 1. The molecule has 1 aliphatic heterocycles. The van der Waals surface area contributed by atoms with Crippen molar-refractivity contribution in [3.05, 3.63) is 36.2 Å². The average molecular weight is 213 g/mol. The molecule has 1 aromatic heterocycles. The van der Waals surface area contributed by atoms with Gasteiger partial charge in [0.15, 0.2) is 0 Å². The first-order valence-corrected chi connectivity index (χ1v) is 5.64. The number of H-pyrrole nitrogens is 1. The number of nitrogens with zero attached hydrogens (tertiary/aromatic N) is 2. The highest BCUT2D eigenvalue weighted by Crippen LogP contribution is 2.24. The van der Waals surface area contributed by atoms with Gasteiger partial charge < -0.3 is 9.88 Å². The van der Waals surface area contributed by atoms with Crippen LogP contribution in [0.2, 0.25) is 0 Å². The molecule has 1 aromatic carbocycles. The van der Waals surface area contributed by atoms with Gasteiger partial charge in [-0.25, -0.2) is 4.98 Å². The molecular formula is C13H15N3. The molecule has 2 heterocycles. The molecule has 3 rings (SSSR count). The summed E-state index contributed by atoms with van der Waals surface area (Å²) in [7, 11) is 2.16. The Kier molecular flexibility index (Phi) is 2.26. The van der Waals surface area contributed by atoms with Crippen LogP contribution < -0.4 is 0 Å². The molecule has 0 saturated heterocycles. The van der Waals surface area contributed by atoms with Gasteiger partial charge in [0.25, 0.3) is 0 Å². The first kappa shape index (κ1) is 9.60. The van der Waals surface area contributed by atoms with Gasteiger partial charge in [0.2, 0.25) is 0 Å². The molecule has 0 aliphatic carbocycles. The Balaban J connectivity index is 1.99. The Hall–Kier alpha value is -1.61. The number of fused-ring (bicyclic) bond motifs is 1. The van der Waals surface area contributed by atoms with Gasteiger partial charge in [-0.3, -0.25) is 0 Å². The SMILES string of the molecule is CN1CC=C(c2ccc3[nH]cnc3c2)CC1. The van der Waals surface area contributed by atoms with E-state index in [2.05, 4.69) is 46.2 Å². The van der Waals surface area contributed by atoms with Gasteiger partial charge in [-0.1, -0.05) is 12.1 Å². The lowest BCUT2D eigenvalue weighted by Gasteiger charge is -2.22. The van der Waals surface area contributed by atoms with Gasteiger partial charge in [-0.15, -0.1) is 0 Å². The molecule has 3 nitrogen and oxygen atoms in total. The van der Waals surface area contributed by atoms with Crippen molar-refractivity contribution in [1.29, 1.82) is 0 Å². The number of hydrogen-bond acceptors (Lipinski definition) is 2. The molecule has 0 spiro atoms. The largest absolute Gasteiger partial charge is 0.345 e. The standard InChI is InChI=1S/C13H15N3/c1-16-6-4-10(5-7-16)11-2-3-12-13(8-11)15-9-14-12/h2-4,8-9H,5-7H2,1H3,(H,14,15). The van der Waals surface area contributed by atoms with E-state index in [9.17, 15) is 0 Å². The van der Waals surface area contributed by atoms with Gasteiger partial charge in [-0.05, 0) is 36.7 Å². The molecule has 1 aliphatic rings. The molecule has 82 valence electrons. The minimum Gasteiger partial charge on any atom is -0.345 e. The molecule has 0 radical (unpaired) electrons. The Labute approximate surface area is 94.8 Å². The van der Waals surface area contributed by atoms with Crippen LogP contribution in [0.15, 0.2) is 30.6 Å². The van der Waals surface area contributed by atoms with Crippen LogP contribution in [-0.4, -0.2) is 35.0 Å². The van der Waals surface area contributed by atoms with Crippen molar-refractivity contribution in [2.45, 2.75) is 6.42 Å². The van der Waals surface area contributed by atoms with E-state index >= 15 is 0 Å². The number of aromatic amines is 1. The van der Waals surface area contributed by atoms with E-state index in [1.165, 1.54) is 11.1 Å². The quantitative estimate of drug-likeness (QED) is 0.788. The summed E-state index contributed by atoms with van der Waals surface area (Å²) in [5.41, 5.74) is 4.92. The Morgan fingerprint density at radius 1 is 1.38 bits per heavy atom. The van der Waals surface area contributed by atoms with E-state index in [4.69, 9.17) is 0 Å². The molecule has 0 fully saturated rings. The van der Waals surface area contributed by atoms with Crippen LogP contribution in [0.3, 0.4) is 0 Å². The summed E-state index contributed by atoms with van der Waals surface area (Å²) in [6.07, 6.45) is 5.20. The van der Waals surface area contributed by atoms with Crippen molar-refractivity contribution in [2.75, 3.05) is 20.1 Å². The first-order valence-electron chi connectivity index (χ1n) is 5.64. The normalized spacial score (nSPS) is 17.7. The predicted octanol–water partition coefficient (Wildman–Crippen LogP) is 2.28. The fourth-order valence-corrected chi connectivity index (χ4v) is 2.16. The number of aromatic nitrogens is 2. The summed E-state index contributed by atoms with van der Waals surface area (Å²) in [5.74, 6) is 0. The topological polar surface area (TPSA) is 31.9 Å². The zero-order valence-corrected chi connectivity index (χ0v) is 9.40. The second-order valence-corrected chi connectivity index (χ2v) is 4.38. The molecular weight excluding hydrogens is 198 g/mol. The van der Waals surface area contributed by atoms with Crippen LogP contribution in [0.1, 0.15) is 12.0 Å². The second kappa shape index (κ2) is 3.76. The van der Waals surface area contributed by atoms with Crippen molar-refractivity contribution < 1.29 is 0 Å². The van der Waals surface area contributed by atoms with Crippen molar-refractivity contribution in [3.8, 4) is 0 Å². The number of rotatable bonds is 1. The highest BCUT2D eigenvalue weighted by molar-refractivity contribution is 5.80. The van der Waals surface area contributed by atoms with E-state index in [0.717, 1.165) is 30.5 Å². The predicted molar refractivity (Wildman–Crippen MR) is 66.2 cm³/mol. The number of benzene rings is 1. The number of imidazole rings is 1. The van der Waals surface area contributed by atoms with Crippen LogP contribution in [0.25, 0.3) is 16.6 Å². The molecule has 0 amide bonds. The Morgan fingerprint density at radius 2 is 2.31 bits per heavy atom. The van der Waals surface area contributed by atoms with E-state index in [1.54, 1.807) is 6.33 Å². The second-order valence-electron chi connectivity index (χ2n) is 4.38. The van der Waals surface area contributed by atoms with E-state index in [-0.39, 0.29) is 0 Å². The fourth-order valence-electron chi connectivity index (χ4n) is 2.16. The maximum Gasteiger partial charge on any atom is 0.0931 e. The van der Waals surface area contributed by atoms with Crippen molar-refractivity contribution in [1.82, 2.24) is 14.9 Å². The molecule has 0 bridgehead atoms. The van der Waals surface area contributed by atoms with Crippen LogP contribution in [0.5, 0.6) is 0 Å². The van der Waals surface area contributed by atoms with Gasteiger partial charge in [0.05, 0.1) is 17.4 Å². The number of likely N-dealkylation sites (N-methyl/N-ethyl adjacent to an activating group) is 1. The lowest BCUT2D eigenvalue weighted by molar-refractivity contribution is 0.370. The van der Waals surface area contributed by atoms with E-state index in [0.29, 0.717) is 0 Å². The third-order valence-corrected chi connectivity index (χ3v) is 3.20. The lowest BCUT2D eigenvalue weighted by Crippen LogP contribution is -2.23. The third kappa shape index (κ3) is 1.63. The molecule has 16 heavy (non-hydrogen) atoms. The summed E-state index contributed by atoms with van der Waals surface area (Å²) in [5, 5.41) is 0. The summed E-state index contributed by atoms with van der Waals surface area (Å²) in [6, 6.07) is 6.46. The van der Waals surface area contributed by atoms with Crippen LogP contribution in [-0.2, 0) is 0 Å². The smallest absolute Gasteiger partial charge is 0.0931 e. The lowest BCUT2D eigenvalue weighted by atomic mass is 9.99. The summed E-state index contributed by atoms with van der Waals surface area (Å²) in [4.78, 5) is 9.74. The van der Waals surface area contributed by atoms with Crippen molar-refractivity contribution in [2.24, 2.45) is 0 Å². The van der Waals surface area contributed by atoms with Crippen LogP contribution in [0, 0.1) is 0 Å². The molecule has 0 saturated carbocycles. The zero-order chi connectivity index (χ0) is 11.0. The monoisotopic (exact) mass is 213 g/mol. The minimum atomic E-state index is 1.05. The molecule has 2 aromatic rings. The summed E-state index contributed by atoms with van der Waals surface area (Å²) in [6.45, 7) is 2.19. The molecule has 0 unspecified atom stereocenters. The Morgan fingerprint density at radius 3 is 3.12 bits per heavy atom. The highest BCUT2D eigenvalue weighted by Gasteiger charge is 2.10. The van der Waals surface area contributed by atoms with Crippen LogP contribution in [0.4, 0.5) is 0 Å². The first-order chi connectivity index (χ1) is 7.83. The maximum absolute atomic E-state index is 4.30.